The number of hydrogen-bond acceptors (Lipinski definition) is 10. The Balaban J connectivity index is 1.80. The topological polar surface area (TPSA) is 181 Å². The molecular formula is C34H39N5O7S2. The van der Waals surface area contributed by atoms with Crippen LogP contribution in [0.2, 0.25) is 0 Å². The lowest BCUT2D eigenvalue weighted by Gasteiger charge is -2.22. The Kier molecular flexibility index (Phi) is 12.1. The summed E-state index contributed by atoms with van der Waals surface area (Å²) in [4.78, 5) is 52.1. The number of nitrogens with zero attached hydrogens (tertiary/aromatic N) is 2. The normalized spacial score (nSPS) is 12.4. The van der Waals surface area contributed by atoms with Gasteiger partial charge < -0.3 is 40.7 Å². The molecule has 0 fully saturated rings. The van der Waals surface area contributed by atoms with Gasteiger partial charge in [-0.2, -0.15) is 0 Å². The summed E-state index contributed by atoms with van der Waals surface area (Å²) in [5.41, 5.74) is 8.63. The molecule has 2 atom stereocenters. The largest absolute Gasteiger partial charge is 0.545 e. The van der Waals surface area contributed by atoms with Crippen LogP contribution in [0.4, 0.5) is 5.69 Å². The number of aromatic carboxylic acids is 1. The third-order valence-electron chi connectivity index (χ3n) is 7.80. The van der Waals surface area contributed by atoms with Crippen molar-refractivity contribution in [2.24, 2.45) is 5.73 Å². The fraction of sp³-hybridized carbons (Fsp3) is 0.324. The summed E-state index contributed by atoms with van der Waals surface area (Å²) in [7, 11) is 10.7. The van der Waals surface area contributed by atoms with E-state index in [0.29, 0.717) is 46.4 Å². The van der Waals surface area contributed by atoms with Crippen LogP contribution in [0.25, 0.3) is 33.4 Å². The molecule has 14 heteroatoms. The van der Waals surface area contributed by atoms with Gasteiger partial charge in [-0.05, 0) is 55.0 Å². The van der Waals surface area contributed by atoms with E-state index >= 15 is 0 Å². The summed E-state index contributed by atoms with van der Waals surface area (Å²) in [5, 5.41) is 28.2. The van der Waals surface area contributed by atoms with E-state index < -0.39 is 36.3 Å². The molecule has 0 saturated carbocycles. The molecule has 12 nitrogen and oxygen atoms in total. The molecule has 1 heterocycles. The minimum atomic E-state index is -1.49. The zero-order valence-corrected chi connectivity index (χ0v) is 29.0. The van der Waals surface area contributed by atoms with Crippen LogP contribution in [0, 0.1) is 0 Å². The molecular weight excluding hydrogens is 655 g/mol. The third-order valence-corrected chi connectivity index (χ3v) is 10.1. The minimum Gasteiger partial charge on any atom is -0.545 e. The van der Waals surface area contributed by atoms with Crippen molar-refractivity contribution in [1.29, 1.82) is 0 Å². The van der Waals surface area contributed by atoms with E-state index in [1.807, 2.05) is 80.3 Å². The number of carbonyl (C=O) groups is 4. The van der Waals surface area contributed by atoms with Crippen molar-refractivity contribution >= 4 is 62.0 Å². The molecule has 2 aromatic carbocycles. The number of hydrogen-bond donors (Lipinski definition) is 4. The average Bonchev–Trinajstić information content (AvgIpc) is 3.06. The van der Waals surface area contributed by atoms with Crippen LogP contribution in [0.1, 0.15) is 33.6 Å². The lowest BCUT2D eigenvalue weighted by Crippen LogP contribution is -2.48. The van der Waals surface area contributed by atoms with Crippen molar-refractivity contribution in [2.45, 2.75) is 24.1 Å². The smallest absolute Gasteiger partial charge is 0.322 e. The Morgan fingerprint density at radius 2 is 1.75 bits per heavy atom. The van der Waals surface area contributed by atoms with Gasteiger partial charge in [-0.1, -0.05) is 27.7 Å². The van der Waals surface area contributed by atoms with Gasteiger partial charge in [0.25, 0.3) is 5.91 Å². The fourth-order valence-corrected chi connectivity index (χ4v) is 7.20. The highest BCUT2D eigenvalue weighted by Crippen LogP contribution is 2.42. The number of fused-ring (bicyclic) bond motifs is 2. The van der Waals surface area contributed by atoms with Crippen molar-refractivity contribution in [1.82, 2.24) is 15.2 Å². The Labute approximate surface area is 286 Å². The van der Waals surface area contributed by atoms with Crippen LogP contribution in [0.15, 0.2) is 59.0 Å². The van der Waals surface area contributed by atoms with Gasteiger partial charge in [-0.25, -0.2) is 4.58 Å². The predicted octanol–water partition coefficient (Wildman–Crippen LogP) is 2.08. The first kappa shape index (κ1) is 36.3. The molecule has 5 N–H and O–H groups in total. The van der Waals surface area contributed by atoms with Gasteiger partial charge in [0.05, 0.1) is 12.0 Å². The van der Waals surface area contributed by atoms with Crippen LogP contribution in [-0.4, -0.2) is 87.7 Å². The summed E-state index contributed by atoms with van der Waals surface area (Å²) in [5.74, 6) is -3.56. The van der Waals surface area contributed by atoms with E-state index in [1.54, 1.807) is 16.9 Å². The summed E-state index contributed by atoms with van der Waals surface area (Å²) in [6.45, 7) is -0.269. The zero-order valence-electron chi connectivity index (χ0n) is 27.4. The first-order valence-corrected chi connectivity index (χ1v) is 17.7. The molecule has 1 aliphatic carbocycles. The quantitative estimate of drug-likeness (QED) is 0.0863. The number of anilines is 1. The Bertz CT molecular complexity index is 1890. The highest BCUT2D eigenvalue weighted by Gasteiger charge is 2.25. The molecule has 4 rings (SSSR count). The average molecular weight is 694 g/mol. The molecule has 2 unspecified atom stereocenters. The molecule has 2 aromatic rings. The minimum absolute atomic E-state index is 0.000471. The van der Waals surface area contributed by atoms with Gasteiger partial charge in [0, 0.05) is 71.4 Å². The van der Waals surface area contributed by atoms with Gasteiger partial charge in [0.1, 0.15) is 38.0 Å². The maximum absolute atomic E-state index is 13.5. The number of nitrogens with two attached hydrogens (primary N) is 1. The highest BCUT2D eigenvalue weighted by atomic mass is 33.1. The predicted molar refractivity (Wildman–Crippen MR) is 189 cm³/mol. The highest BCUT2D eigenvalue weighted by molar-refractivity contribution is 8.76. The standard InChI is InChI=1S/C34H39N5O7S2/c1-38(2)20-7-11-24-28(15-20)46-29-16-21(39(3)4)8-12-25(29)31(24)23-10-6-19(14-26(23)34(44)45)32(42)37-27(33(43)36-18-30(40)41)13-9-22(17-35)48-47-5/h6-8,10-12,14-16,22,27H,9,13,17-18,35H2,1-5H3,(H3-,36,37,40,41,42,43,44,45). The van der Waals surface area contributed by atoms with Crippen LogP contribution in [-0.2, 0) is 9.59 Å². The second-order valence-electron chi connectivity index (χ2n) is 11.5. The molecule has 0 radical (unpaired) electrons. The van der Waals surface area contributed by atoms with E-state index in [1.165, 1.54) is 22.9 Å². The number of benzene rings is 3. The molecule has 0 bridgehead atoms. The molecule has 0 spiro atoms. The maximum atomic E-state index is 13.5. The van der Waals surface area contributed by atoms with E-state index in [0.717, 1.165) is 11.0 Å². The molecule has 2 amide bonds. The Morgan fingerprint density at radius 1 is 1.02 bits per heavy atom. The van der Waals surface area contributed by atoms with Crippen molar-refractivity contribution in [2.75, 3.05) is 52.4 Å². The van der Waals surface area contributed by atoms with E-state index in [4.69, 9.17) is 15.3 Å². The lowest BCUT2D eigenvalue weighted by atomic mass is 9.89. The SMILES string of the molecule is CSSC(CN)CCC(NC(=O)c1ccc(-c2c3ccc(=[N+](C)C)cc-3oc3cc(N(C)C)ccc23)c(C(=O)[O-])c1)C(=O)NCC(=O)O. The monoisotopic (exact) mass is 693 g/mol. The van der Waals surface area contributed by atoms with Crippen LogP contribution in [0.5, 0.6) is 0 Å². The number of amides is 2. The van der Waals surface area contributed by atoms with Crippen molar-refractivity contribution in [3.8, 4) is 22.5 Å². The maximum Gasteiger partial charge on any atom is 0.322 e. The summed E-state index contributed by atoms with van der Waals surface area (Å²) < 4.78 is 8.28. The summed E-state index contributed by atoms with van der Waals surface area (Å²) >= 11 is 0. The summed E-state index contributed by atoms with van der Waals surface area (Å²) in [6.07, 6.45) is 2.57. The molecule has 1 aliphatic heterocycles. The molecule has 254 valence electrons. The van der Waals surface area contributed by atoms with Crippen molar-refractivity contribution in [3.63, 3.8) is 0 Å². The number of carbonyl (C=O) groups excluding carboxylic acids is 3. The van der Waals surface area contributed by atoms with E-state index in [9.17, 15) is 24.3 Å². The number of carboxylic acid groups (broad SMARTS) is 2. The molecule has 48 heavy (non-hydrogen) atoms. The third kappa shape index (κ3) is 8.48. The second-order valence-corrected chi connectivity index (χ2v) is 14.3. The molecule has 0 saturated heterocycles. The van der Waals surface area contributed by atoms with Gasteiger partial charge in [0.2, 0.25) is 11.3 Å². The first-order valence-electron chi connectivity index (χ1n) is 15.1. The van der Waals surface area contributed by atoms with E-state index in [2.05, 4.69) is 10.6 Å². The van der Waals surface area contributed by atoms with Crippen LogP contribution < -0.4 is 36.3 Å². The molecule has 2 aliphatic rings. The van der Waals surface area contributed by atoms with Gasteiger partial charge >= 0.3 is 5.97 Å². The lowest BCUT2D eigenvalue weighted by molar-refractivity contribution is -0.254. The zero-order chi connectivity index (χ0) is 35.1. The first-order chi connectivity index (χ1) is 22.8. The van der Waals surface area contributed by atoms with Crippen LogP contribution in [0.3, 0.4) is 0 Å². The number of carboxylic acids is 2. The van der Waals surface area contributed by atoms with Crippen molar-refractivity contribution in [3.05, 3.63) is 71.1 Å². The number of nitrogens with one attached hydrogen (secondary N) is 2. The van der Waals surface area contributed by atoms with Crippen LogP contribution >= 0.6 is 21.6 Å². The fourth-order valence-electron chi connectivity index (χ4n) is 5.28. The number of rotatable bonds is 14. The van der Waals surface area contributed by atoms with Gasteiger partial charge in [0.15, 0.2) is 0 Å². The Hall–Kier alpha value is -4.53. The Morgan fingerprint density at radius 3 is 2.38 bits per heavy atom. The molecule has 0 aromatic heterocycles. The second kappa shape index (κ2) is 16.0. The summed E-state index contributed by atoms with van der Waals surface area (Å²) in [6, 6.07) is 14.5. The van der Waals surface area contributed by atoms with E-state index in [-0.39, 0.29) is 22.8 Å². The van der Waals surface area contributed by atoms with Gasteiger partial charge in [-0.15, -0.1) is 0 Å². The van der Waals surface area contributed by atoms with Gasteiger partial charge in [-0.3, -0.25) is 14.4 Å². The number of aliphatic carboxylic acids is 1. The van der Waals surface area contributed by atoms with Crippen molar-refractivity contribution < 1.29 is 33.8 Å².